The number of hydrogen-bond donors (Lipinski definition) is 1. The Balaban J connectivity index is 2.07. The van der Waals surface area contributed by atoms with Crippen molar-refractivity contribution >= 4 is 22.3 Å². The number of nitrogens with zero attached hydrogens (tertiary/aromatic N) is 1. The zero-order valence-corrected chi connectivity index (χ0v) is 9.91. The number of aliphatic hydroxyl groups is 1. The lowest BCUT2D eigenvalue weighted by Gasteiger charge is -1.92. The highest BCUT2D eigenvalue weighted by atomic mass is 32.1. The van der Waals surface area contributed by atoms with Gasteiger partial charge in [-0.05, 0) is 6.07 Å². The van der Waals surface area contributed by atoms with E-state index in [4.69, 9.17) is 9.52 Å². The minimum atomic E-state index is 0.138. The first-order valence-corrected chi connectivity index (χ1v) is 6.28. The molecule has 3 rings (SSSR count). The molecular formula is C13H11NO2S. The molecule has 1 aromatic carbocycles. The van der Waals surface area contributed by atoms with E-state index in [0.717, 1.165) is 27.2 Å². The number of thiazole rings is 1. The van der Waals surface area contributed by atoms with Crippen molar-refractivity contribution in [3.05, 3.63) is 40.9 Å². The first kappa shape index (κ1) is 10.5. The van der Waals surface area contributed by atoms with Crippen LogP contribution in [-0.4, -0.2) is 16.7 Å². The topological polar surface area (TPSA) is 46.3 Å². The van der Waals surface area contributed by atoms with E-state index < -0.39 is 0 Å². The van der Waals surface area contributed by atoms with Crippen LogP contribution in [-0.2, 0) is 6.42 Å². The van der Waals surface area contributed by atoms with Crippen LogP contribution >= 0.6 is 11.3 Å². The Kier molecular flexibility index (Phi) is 2.66. The highest BCUT2D eigenvalue weighted by Crippen LogP contribution is 2.31. The lowest BCUT2D eigenvalue weighted by Crippen LogP contribution is -1.88. The van der Waals surface area contributed by atoms with Crippen molar-refractivity contribution in [1.29, 1.82) is 0 Å². The molecule has 0 unspecified atom stereocenters. The van der Waals surface area contributed by atoms with Gasteiger partial charge in [0.05, 0.1) is 10.7 Å². The van der Waals surface area contributed by atoms with Gasteiger partial charge in [-0.25, -0.2) is 4.98 Å². The molecule has 17 heavy (non-hydrogen) atoms. The average molecular weight is 245 g/mol. The predicted octanol–water partition coefficient (Wildman–Crippen LogP) is 3.09. The number of fused-ring (bicyclic) bond motifs is 1. The van der Waals surface area contributed by atoms with Gasteiger partial charge >= 0.3 is 0 Å². The second kappa shape index (κ2) is 4.31. The van der Waals surface area contributed by atoms with Crippen LogP contribution in [0.3, 0.4) is 0 Å². The van der Waals surface area contributed by atoms with Crippen molar-refractivity contribution in [2.75, 3.05) is 6.61 Å². The maximum atomic E-state index is 8.88. The van der Waals surface area contributed by atoms with Crippen molar-refractivity contribution in [1.82, 2.24) is 4.98 Å². The van der Waals surface area contributed by atoms with Gasteiger partial charge in [-0.2, -0.15) is 0 Å². The van der Waals surface area contributed by atoms with Gasteiger partial charge in [0, 0.05) is 29.4 Å². The summed E-state index contributed by atoms with van der Waals surface area (Å²) in [5, 5.41) is 12.9. The van der Waals surface area contributed by atoms with Crippen LogP contribution in [0, 0.1) is 0 Å². The molecule has 0 saturated heterocycles. The molecule has 3 nitrogen and oxygen atoms in total. The molecule has 2 aromatic heterocycles. The fourth-order valence-corrected chi connectivity index (χ4v) is 2.61. The van der Waals surface area contributed by atoms with Crippen LogP contribution in [0.4, 0.5) is 0 Å². The van der Waals surface area contributed by atoms with Crippen LogP contribution in [0.5, 0.6) is 0 Å². The maximum absolute atomic E-state index is 8.88. The highest BCUT2D eigenvalue weighted by molar-refractivity contribution is 7.09. The summed E-state index contributed by atoms with van der Waals surface area (Å²) in [4.78, 5) is 4.49. The van der Waals surface area contributed by atoms with Gasteiger partial charge in [0.2, 0.25) is 0 Å². The lowest BCUT2D eigenvalue weighted by molar-refractivity contribution is 0.299. The zero-order valence-electron chi connectivity index (χ0n) is 9.09. The third-order valence-corrected chi connectivity index (χ3v) is 3.54. The summed E-state index contributed by atoms with van der Waals surface area (Å²) in [6.45, 7) is 0.138. The molecule has 0 aliphatic heterocycles. The van der Waals surface area contributed by atoms with E-state index in [1.807, 2.05) is 29.6 Å². The summed E-state index contributed by atoms with van der Waals surface area (Å²) >= 11 is 1.57. The van der Waals surface area contributed by atoms with E-state index in [1.165, 1.54) is 0 Å². The molecule has 0 radical (unpaired) electrons. The van der Waals surface area contributed by atoms with Gasteiger partial charge in [-0.15, -0.1) is 11.3 Å². The molecule has 0 spiro atoms. The molecule has 3 aromatic rings. The monoisotopic (exact) mass is 245 g/mol. The largest absolute Gasteiger partial charge is 0.464 e. The molecule has 2 heterocycles. The molecule has 0 aliphatic rings. The van der Waals surface area contributed by atoms with Gasteiger partial charge in [0.15, 0.2) is 0 Å². The van der Waals surface area contributed by atoms with Crippen LogP contribution < -0.4 is 0 Å². The van der Waals surface area contributed by atoms with E-state index in [2.05, 4.69) is 4.98 Å². The molecule has 0 bridgehead atoms. The fraction of sp³-hybridized carbons (Fsp3) is 0.154. The fourth-order valence-electron chi connectivity index (χ4n) is 1.82. The number of aromatic nitrogens is 1. The third kappa shape index (κ3) is 1.85. The standard InChI is InChI=1S/C13H11NO2S/c15-6-5-13-14-11(8-17-13)10-7-16-12-4-2-1-3-9(10)12/h1-4,7-8,15H,5-6H2. The number of aliphatic hydroxyl groups excluding tert-OH is 1. The molecule has 4 heteroatoms. The van der Waals surface area contributed by atoms with Gasteiger partial charge in [0.25, 0.3) is 0 Å². The van der Waals surface area contributed by atoms with E-state index in [1.54, 1.807) is 17.6 Å². The van der Waals surface area contributed by atoms with Gasteiger partial charge in [0.1, 0.15) is 11.8 Å². The molecule has 0 aliphatic carbocycles. The van der Waals surface area contributed by atoms with Gasteiger partial charge < -0.3 is 9.52 Å². The molecule has 0 saturated carbocycles. The van der Waals surface area contributed by atoms with Gasteiger partial charge in [-0.3, -0.25) is 0 Å². The number of furan rings is 1. The predicted molar refractivity (Wildman–Crippen MR) is 68.1 cm³/mol. The van der Waals surface area contributed by atoms with Crippen molar-refractivity contribution < 1.29 is 9.52 Å². The quantitative estimate of drug-likeness (QED) is 0.771. The molecule has 0 atom stereocenters. The Morgan fingerprint density at radius 2 is 2.18 bits per heavy atom. The highest BCUT2D eigenvalue weighted by Gasteiger charge is 2.10. The van der Waals surface area contributed by atoms with Crippen LogP contribution in [0.1, 0.15) is 5.01 Å². The number of hydrogen-bond acceptors (Lipinski definition) is 4. The summed E-state index contributed by atoms with van der Waals surface area (Å²) in [5.41, 5.74) is 2.81. The minimum Gasteiger partial charge on any atom is -0.464 e. The lowest BCUT2D eigenvalue weighted by atomic mass is 10.1. The smallest absolute Gasteiger partial charge is 0.134 e. The Morgan fingerprint density at radius 3 is 3.06 bits per heavy atom. The van der Waals surface area contributed by atoms with Gasteiger partial charge in [-0.1, -0.05) is 18.2 Å². The number of benzene rings is 1. The SMILES string of the molecule is OCCc1nc(-c2coc3ccccc23)cs1. The van der Waals surface area contributed by atoms with Crippen LogP contribution in [0.25, 0.3) is 22.2 Å². The van der Waals surface area contributed by atoms with Crippen molar-refractivity contribution in [2.45, 2.75) is 6.42 Å². The number of para-hydroxylation sites is 1. The maximum Gasteiger partial charge on any atom is 0.134 e. The summed E-state index contributed by atoms with van der Waals surface area (Å²) in [6.07, 6.45) is 2.35. The van der Waals surface area contributed by atoms with E-state index in [9.17, 15) is 0 Å². The van der Waals surface area contributed by atoms with E-state index in [-0.39, 0.29) is 6.61 Å². The Bertz CT molecular complexity index is 641. The molecule has 1 N–H and O–H groups in total. The third-order valence-electron chi connectivity index (χ3n) is 2.63. The summed E-state index contributed by atoms with van der Waals surface area (Å²) in [7, 11) is 0. The molecule has 0 amide bonds. The van der Waals surface area contributed by atoms with Crippen molar-refractivity contribution in [3.63, 3.8) is 0 Å². The average Bonchev–Trinajstić information content (AvgIpc) is 2.95. The zero-order chi connectivity index (χ0) is 11.7. The second-order valence-corrected chi connectivity index (χ2v) is 4.69. The number of rotatable bonds is 3. The Hall–Kier alpha value is -1.65. The molecule has 0 fully saturated rings. The van der Waals surface area contributed by atoms with Crippen LogP contribution in [0.15, 0.2) is 40.3 Å². The molecule has 86 valence electrons. The Morgan fingerprint density at radius 1 is 1.29 bits per heavy atom. The summed E-state index contributed by atoms with van der Waals surface area (Å²) < 4.78 is 5.49. The summed E-state index contributed by atoms with van der Waals surface area (Å²) in [5.74, 6) is 0. The normalized spacial score (nSPS) is 11.1. The van der Waals surface area contributed by atoms with E-state index in [0.29, 0.717) is 6.42 Å². The molecular weight excluding hydrogens is 234 g/mol. The van der Waals surface area contributed by atoms with Crippen LogP contribution in [0.2, 0.25) is 0 Å². The first-order chi connectivity index (χ1) is 8.38. The second-order valence-electron chi connectivity index (χ2n) is 3.75. The van der Waals surface area contributed by atoms with Crippen molar-refractivity contribution in [3.8, 4) is 11.3 Å². The minimum absolute atomic E-state index is 0.138. The Labute approximate surface area is 102 Å². The van der Waals surface area contributed by atoms with E-state index >= 15 is 0 Å². The van der Waals surface area contributed by atoms with Crippen molar-refractivity contribution in [2.24, 2.45) is 0 Å². The first-order valence-electron chi connectivity index (χ1n) is 5.40. The summed E-state index contributed by atoms with van der Waals surface area (Å²) in [6, 6.07) is 7.91.